The normalized spacial score (nSPS) is 19.1. The van der Waals surface area contributed by atoms with Gasteiger partial charge in [-0.25, -0.2) is 4.79 Å². The predicted octanol–water partition coefficient (Wildman–Crippen LogP) is 1.45. The standard InChI is InChI=1S/C14H18N4O/c1-15-6-7-18-9-13(17-14(18)19)11-8-16-12-5-3-2-4-10(11)12/h2-5,8,13,15-16H,6-7,9H2,1H3,(H,17,19). The molecule has 1 unspecified atom stereocenters. The van der Waals surface area contributed by atoms with Crippen LogP contribution in [0.4, 0.5) is 4.79 Å². The summed E-state index contributed by atoms with van der Waals surface area (Å²) in [7, 11) is 1.89. The number of nitrogens with zero attached hydrogens (tertiary/aromatic N) is 1. The number of hydrogen-bond donors (Lipinski definition) is 3. The SMILES string of the molecule is CNCCN1CC(c2c[nH]c3ccccc23)NC1=O. The Morgan fingerprint density at radius 2 is 2.26 bits per heavy atom. The number of aromatic amines is 1. The van der Waals surface area contributed by atoms with Crippen LogP contribution in [0.1, 0.15) is 11.6 Å². The molecular formula is C14H18N4O. The van der Waals surface area contributed by atoms with Gasteiger partial charge < -0.3 is 20.5 Å². The van der Waals surface area contributed by atoms with Gasteiger partial charge >= 0.3 is 6.03 Å². The van der Waals surface area contributed by atoms with E-state index in [-0.39, 0.29) is 12.1 Å². The first-order chi connectivity index (χ1) is 9.29. The summed E-state index contributed by atoms with van der Waals surface area (Å²) in [6.45, 7) is 2.28. The van der Waals surface area contributed by atoms with Crippen LogP contribution < -0.4 is 10.6 Å². The number of hydrogen-bond acceptors (Lipinski definition) is 2. The Hall–Kier alpha value is -2.01. The summed E-state index contributed by atoms with van der Waals surface area (Å²) in [5.74, 6) is 0. The van der Waals surface area contributed by atoms with E-state index in [1.54, 1.807) is 0 Å². The van der Waals surface area contributed by atoms with Crippen LogP contribution in [0.2, 0.25) is 0 Å². The molecule has 5 heteroatoms. The summed E-state index contributed by atoms with van der Waals surface area (Å²) in [6.07, 6.45) is 2.00. The number of nitrogens with one attached hydrogen (secondary N) is 3. The van der Waals surface area contributed by atoms with Gasteiger partial charge in [0.15, 0.2) is 0 Å². The van der Waals surface area contributed by atoms with E-state index in [9.17, 15) is 4.79 Å². The summed E-state index contributed by atoms with van der Waals surface area (Å²) >= 11 is 0. The van der Waals surface area contributed by atoms with Gasteiger partial charge in [-0.1, -0.05) is 18.2 Å². The molecule has 0 bridgehead atoms. The highest BCUT2D eigenvalue weighted by atomic mass is 16.2. The minimum absolute atomic E-state index is 0.0190. The third-order valence-electron chi connectivity index (χ3n) is 3.62. The Labute approximate surface area is 112 Å². The molecule has 2 aromatic rings. The number of rotatable bonds is 4. The first kappa shape index (κ1) is 12.0. The lowest BCUT2D eigenvalue weighted by Gasteiger charge is -2.13. The first-order valence-electron chi connectivity index (χ1n) is 6.55. The lowest BCUT2D eigenvalue weighted by atomic mass is 10.1. The van der Waals surface area contributed by atoms with Gasteiger partial charge in [0.2, 0.25) is 0 Å². The summed E-state index contributed by atoms with van der Waals surface area (Å²) in [5, 5.41) is 7.30. The molecule has 3 rings (SSSR count). The van der Waals surface area contributed by atoms with E-state index in [2.05, 4.69) is 21.7 Å². The number of H-pyrrole nitrogens is 1. The van der Waals surface area contributed by atoms with Crippen molar-refractivity contribution in [2.75, 3.05) is 26.7 Å². The van der Waals surface area contributed by atoms with Crippen LogP contribution >= 0.6 is 0 Å². The smallest absolute Gasteiger partial charge is 0.318 e. The Bertz CT molecular complexity index is 592. The van der Waals surface area contributed by atoms with Gasteiger partial charge in [0.05, 0.1) is 6.04 Å². The highest BCUT2D eigenvalue weighted by Gasteiger charge is 2.30. The molecule has 1 aromatic heterocycles. The van der Waals surface area contributed by atoms with Crippen LogP contribution in [0.25, 0.3) is 10.9 Å². The number of likely N-dealkylation sites (N-methyl/N-ethyl adjacent to an activating group) is 1. The number of benzene rings is 1. The quantitative estimate of drug-likeness (QED) is 0.777. The number of carbonyl (C=O) groups excluding carboxylic acids is 1. The van der Waals surface area contributed by atoms with Crippen LogP contribution in [-0.2, 0) is 0 Å². The molecule has 0 radical (unpaired) electrons. The topological polar surface area (TPSA) is 60.2 Å². The molecule has 1 aromatic carbocycles. The lowest BCUT2D eigenvalue weighted by molar-refractivity contribution is 0.218. The zero-order valence-corrected chi connectivity index (χ0v) is 10.9. The molecule has 0 saturated carbocycles. The zero-order valence-electron chi connectivity index (χ0n) is 10.9. The summed E-state index contributed by atoms with van der Waals surface area (Å²) in [4.78, 5) is 17.0. The van der Waals surface area contributed by atoms with Crippen molar-refractivity contribution in [2.24, 2.45) is 0 Å². The maximum Gasteiger partial charge on any atom is 0.318 e. The Morgan fingerprint density at radius 1 is 1.42 bits per heavy atom. The molecule has 1 aliphatic rings. The molecule has 1 fully saturated rings. The van der Waals surface area contributed by atoms with Gasteiger partial charge in [0.1, 0.15) is 0 Å². The van der Waals surface area contributed by atoms with Crippen LogP contribution in [0.3, 0.4) is 0 Å². The number of carbonyl (C=O) groups is 1. The van der Waals surface area contributed by atoms with E-state index in [4.69, 9.17) is 0 Å². The molecule has 5 nitrogen and oxygen atoms in total. The van der Waals surface area contributed by atoms with Crippen LogP contribution in [-0.4, -0.2) is 42.6 Å². The minimum Gasteiger partial charge on any atom is -0.361 e. The van der Waals surface area contributed by atoms with E-state index >= 15 is 0 Å². The largest absolute Gasteiger partial charge is 0.361 e. The highest BCUT2D eigenvalue weighted by molar-refractivity contribution is 5.85. The van der Waals surface area contributed by atoms with Crippen molar-refractivity contribution in [1.29, 1.82) is 0 Å². The van der Waals surface area contributed by atoms with Crippen molar-refractivity contribution in [3.63, 3.8) is 0 Å². The van der Waals surface area contributed by atoms with Gasteiger partial charge in [-0.05, 0) is 13.1 Å². The van der Waals surface area contributed by atoms with E-state index < -0.39 is 0 Å². The number of aromatic nitrogens is 1. The van der Waals surface area contributed by atoms with E-state index in [1.165, 1.54) is 5.39 Å². The number of fused-ring (bicyclic) bond motifs is 1. The molecule has 1 saturated heterocycles. The number of amides is 2. The molecule has 3 N–H and O–H groups in total. The summed E-state index contributed by atoms with van der Waals surface area (Å²) in [5.41, 5.74) is 2.27. The van der Waals surface area contributed by atoms with Gasteiger partial charge in [-0.2, -0.15) is 0 Å². The fourth-order valence-corrected chi connectivity index (χ4v) is 2.59. The van der Waals surface area contributed by atoms with Crippen molar-refractivity contribution in [3.8, 4) is 0 Å². The Kier molecular flexibility index (Phi) is 3.13. The van der Waals surface area contributed by atoms with Crippen LogP contribution in [0.5, 0.6) is 0 Å². The maximum absolute atomic E-state index is 11.9. The molecule has 2 amide bonds. The van der Waals surface area contributed by atoms with Crippen LogP contribution in [0.15, 0.2) is 30.5 Å². The van der Waals surface area contributed by atoms with Crippen molar-refractivity contribution in [3.05, 3.63) is 36.0 Å². The van der Waals surface area contributed by atoms with Gasteiger partial charge in [0, 0.05) is 42.3 Å². The second-order valence-electron chi connectivity index (χ2n) is 4.84. The van der Waals surface area contributed by atoms with E-state index in [1.807, 2.05) is 36.3 Å². The third kappa shape index (κ3) is 2.17. The van der Waals surface area contributed by atoms with Crippen molar-refractivity contribution < 1.29 is 4.79 Å². The molecule has 0 aliphatic carbocycles. The van der Waals surface area contributed by atoms with Gasteiger partial charge in [-0.3, -0.25) is 0 Å². The number of urea groups is 1. The predicted molar refractivity (Wildman–Crippen MR) is 75.1 cm³/mol. The molecular weight excluding hydrogens is 240 g/mol. The first-order valence-corrected chi connectivity index (χ1v) is 6.55. The second-order valence-corrected chi connectivity index (χ2v) is 4.84. The van der Waals surface area contributed by atoms with Crippen molar-refractivity contribution in [2.45, 2.75) is 6.04 Å². The van der Waals surface area contributed by atoms with Gasteiger partial charge in [-0.15, -0.1) is 0 Å². The molecule has 100 valence electrons. The number of para-hydroxylation sites is 1. The molecule has 2 heterocycles. The average molecular weight is 258 g/mol. The molecule has 19 heavy (non-hydrogen) atoms. The van der Waals surface area contributed by atoms with Crippen molar-refractivity contribution in [1.82, 2.24) is 20.5 Å². The lowest BCUT2D eigenvalue weighted by Crippen LogP contribution is -2.33. The monoisotopic (exact) mass is 258 g/mol. The van der Waals surface area contributed by atoms with Crippen LogP contribution in [0, 0.1) is 0 Å². The van der Waals surface area contributed by atoms with E-state index in [0.29, 0.717) is 0 Å². The zero-order chi connectivity index (χ0) is 13.2. The Morgan fingerprint density at radius 3 is 3.11 bits per heavy atom. The summed E-state index contributed by atoms with van der Waals surface area (Å²) < 4.78 is 0. The maximum atomic E-state index is 11.9. The molecule has 0 spiro atoms. The molecule has 1 atom stereocenters. The fourth-order valence-electron chi connectivity index (χ4n) is 2.59. The van der Waals surface area contributed by atoms with Crippen molar-refractivity contribution >= 4 is 16.9 Å². The fraction of sp³-hybridized carbons (Fsp3) is 0.357. The highest BCUT2D eigenvalue weighted by Crippen LogP contribution is 2.27. The average Bonchev–Trinajstić information content (AvgIpc) is 3.00. The Balaban J connectivity index is 1.82. The minimum atomic E-state index is 0.0190. The molecule has 1 aliphatic heterocycles. The third-order valence-corrected chi connectivity index (χ3v) is 3.62. The summed E-state index contributed by atoms with van der Waals surface area (Å²) in [6, 6.07) is 8.26. The second kappa shape index (κ2) is 4.93. The van der Waals surface area contributed by atoms with E-state index in [0.717, 1.165) is 30.7 Å². The van der Waals surface area contributed by atoms with Gasteiger partial charge in [0.25, 0.3) is 0 Å².